The maximum absolute atomic E-state index is 11.3. The van der Waals surface area contributed by atoms with Crippen molar-refractivity contribution in [3.05, 3.63) is 29.3 Å². The van der Waals surface area contributed by atoms with Crippen LogP contribution in [0.4, 0.5) is 0 Å². The molecule has 1 aromatic rings. The molecular formula is C22H34O5. The molecule has 0 unspecified atom stereocenters. The van der Waals surface area contributed by atoms with Crippen molar-refractivity contribution in [3.8, 4) is 5.75 Å². The predicted octanol–water partition coefficient (Wildman–Crippen LogP) is 4.61. The van der Waals surface area contributed by atoms with Gasteiger partial charge in [0, 0.05) is 0 Å². The molecule has 0 fully saturated rings. The minimum atomic E-state index is -0.226. The third-order valence-electron chi connectivity index (χ3n) is 4.20. The average molecular weight is 379 g/mol. The van der Waals surface area contributed by atoms with Crippen LogP contribution >= 0.6 is 0 Å². The Morgan fingerprint density at radius 2 is 1.78 bits per heavy atom. The van der Waals surface area contributed by atoms with Gasteiger partial charge in [-0.3, -0.25) is 9.59 Å². The number of esters is 1. The van der Waals surface area contributed by atoms with Gasteiger partial charge in [-0.2, -0.15) is 0 Å². The highest BCUT2D eigenvalue weighted by atomic mass is 16.6. The van der Waals surface area contributed by atoms with Gasteiger partial charge in [-0.15, -0.1) is 0 Å². The van der Waals surface area contributed by atoms with E-state index >= 15 is 0 Å². The number of aldehydes is 1. The van der Waals surface area contributed by atoms with Crippen LogP contribution in [0.1, 0.15) is 68.8 Å². The summed E-state index contributed by atoms with van der Waals surface area (Å²) >= 11 is 0. The first-order valence-electron chi connectivity index (χ1n) is 10.0. The highest BCUT2D eigenvalue weighted by Crippen LogP contribution is 2.20. The molecular weight excluding hydrogens is 344 g/mol. The van der Waals surface area contributed by atoms with E-state index in [1.807, 2.05) is 18.2 Å². The standard InChI is InChI=1S/C22H34O5/c1-4-5-6-7-8-9-19-10-11-21(20(16-19)17-23)26-14-12-25-13-15-27-22(24)18(2)3/h10-11,16-18H,4-9,12-15H2,1-3H3. The number of hydrogen-bond acceptors (Lipinski definition) is 5. The smallest absolute Gasteiger partial charge is 0.308 e. The molecule has 0 saturated heterocycles. The number of benzene rings is 1. The Kier molecular flexibility index (Phi) is 12.2. The fraction of sp³-hybridized carbons (Fsp3) is 0.636. The Hall–Kier alpha value is -1.88. The van der Waals surface area contributed by atoms with Crippen LogP contribution in [0.25, 0.3) is 0 Å². The van der Waals surface area contributed by atoms with Gasteiger partial charge in [0.25, 0.3) is 0 Å². The molecule has 0 amide bonds. The molecule has 0 aliphatic rings. The maximum Gasteiger partial charge on any atom is 0.308 e. The summed E-state index contributed by atoms with van der Waals surface area (Å²) in [5, 5.41) is 0. The third kappa shape index (κ3) is 10.1. The molecule has 0 aliphatic heterocycles. The lowest BCUT2D eigenvalue weighted by Gasteiger charge is -2.11. The van der Waals surface area contributed by atoms with Gasteiger partial charge >= 0.3 is 5.97 Å². The van der Waals surface area contributed by atoms with E-state index in [1.165, 1.54) is 31.2 Å². The highest BCUT2D eigenvalue weighted by molar-refractivity contribution is 5.79. The first-order valence-corrected chi connectivity index (χ1v) is 10.0. The summed E-state index contributed by atoms with van der Waals surface area (Å²) in [4.78, 5) is 22.6. The molecule has 27 heavy (non-hydrogen) atoms. The number of carbonyl (C=O) groups is 2. The SMILES string of the molecule is CCCCCCCc1ccc(OCCOCCOC(=O)C(C)C)c(C=O)c1. The van der Waals surface area contributed by atoms with Crippen molar-refractivity contribution in [1.29, 1.82) is 0 Å². The second-order valence-corrected chi connectivity index (χ2v) is 6.94. The third-order valence-corrected chi connectivity index (χ3v) is 4.20. The van der Waals surface area contributed by atoms with E-state index < -0.39 is 0 Å². The molecule has 152 valence electrons. The van der Waals surface area contributed by atoms with Crippen molar-refractivity contribution < 1.29 is 23.8 Å². The number of rotatable bonds is 15. The molecule has 0 aromatic heterocycles. The topological polar surface area (TPSA) is 61.8 Å². The van der Waals surface area contributed by atoms with Gasteiger partial charge in [0.2, 0.25) is 0 Å². The van der Waals surface area contributed by atoms with Gasteiger partial charge in [-0.25, -0.2) is 0 Å². The summed E-state index contributed by atoms with van der Waals surface area (Å²) in [6, 6.07) is 5.79. The van der Waals surface area contributed by atoms with Gasteiger partial charge in [-0.05, 0) is 30.5 Å². The Morgan fingerprint density at radius 3 is 2.48 bits per heavy atom. The zero-order valence-electron chi connectivity index (χ0n) is 17.0. The first kappa shape index (κ1) is 23.2. The van der Waals surface area contributed by atoms with Crippen LogP contribution in [0.2, 0.25) is 0 Å². The van der Waals surface area contributed by atoms with Crippen molar-refractivity contribution in [2.75, 3.05) is 26.4 Å². The molecule has 5 heteroatoms. The molecule has 0 spiro atoms. The summed E-state index contributed by atoms with van der Waals surface area (Å²) in [5.74, 6) is 0.222. The molecule has 0 N–H and O–H groups in total. The minimum absolute atomic E-state index is 0.130. The fourth-order valence-electron chi connectivity index (χ4n) is 2.59. The number of aryl methyl sites for hydroxylation is 1. The van der Waals surface area contributed by atoms with E-state index in [2.05, 4.69) is 6.92 Å². The van der Waals surface area contributed by atoms with Gasteiger partial charge in [0.15, 0.2) is 6.29 Å². The van der Waals surface area contributed by atoms with Crippen LogP contribution in [0.3, 0.4) is 0 Å². The van der Waals surface area contributed by atoms with E-state index in [-0.39, 0.29) is 18.5 Å². The number of carbonyl (C=O) groups excluding carboxylic acids is 2. The van der Waals surface area contributed by atoms with Gasteiger partial charge in [-0.1, -0.05) is 52.5 Å². The zero-order chi connectivity index (χ0) is 19.9. The van der Waals surface area contributed by atoms with Crippen LogP contribution < -0.4 is 4.74 Å². The first-order chi connectivity index (χ1) is 13.1. The van der Waals surface area contributed by atoms with E-state index in [1.54, 1.807) is 13.8 Å². The summed E-state index contributed by atoms with van der Waals surface area (Å²) in [6.07, 6.45) is 8.00. The van der Waals surface area contributed by atoms with Gasteiger partial charge in [0.05, 0.1) is 24.7 Å². The van der Waals surface area contributed by atoms with Crippen LogP contribution in [0, 0.1) is 5.92 Å². The van der Waals surface area contributed by atoms with Crippen LogP contribution in [0.15, 0.2) is 18.2 Å². The number of hydrogen-bond donors (Lipinski definition) is 0. The fourth-order valence-corrected chi connectivity index (χ4v) is 2.59. The van der Waals surface area contributed by atoms with Crippen LogP contribution in [-0.4, -0.2) is 38.7 Å². The molecule has 0 heterocycles. The largest absolute Gasteiger partial charge is 0.490 e. The quantitative estimate of drug-likeness (QED) is 0.253. The molecule has 1 aromatic carbocycles. The van der Waals surface area contributed by atoms with Crippen LogP contribution in [0.5, 0.6) is 5.75 Å². The molecule has 5 nitrogen and oxygen atoms in total. The molecule has 0 aliphatic carbocycles. The Labute approximate surface area is 163 Å². The lowest BCUT2D eigenvalue weighted by Crippen LogP contribution is -2.16. The van der Waals surface area contributed by atoms with Crippen molar-refractivity contribution in [1.82, 2.24) is 0 Å². The highest BCUT2D eigenvalue weighted by Gasteiger charge is 2.08. The molecule has 0 saturated carbocycles. The van der Waals surface area contributed by atoms with Gasteiger partial charge < -0.3 is 14.2 Å². The molecule has 0 radical (unpaired) electrons. The minimum Gasteiger partial charge on any atom is -0.490 e. The van der Waals surface area contributed by atoms with Crippen molar-refractivity contribution in [2.24, 2.45) is 5.92 Å². The zero-order valence-corrected chi connectivity index (χ0v) is 17.0. The predicted molar refractivity (Wildman–Crippen MR) is 106 cm³/mol. The van der Waals surface area contributed by atoms with E-state index in [4.69, 9.17) is 14.2 Å². The average Bonchev–Trinajstić information content (AvgIpc) is 2.67. The second-order valence-electron chi connectivity index (χ2n) is 6.94. The lowest BCUT2D eigenvalue weighted by atomic mass is 10.0. The summed E-state index contributed by atoms with van der Waals surface area (Å²) in [6.45, 7) is 7.08. The van der Waals surface area contributed by atoms with Crippen molar-refractivity contribution in [3.63, 3.8) is 0 Å². The summed E-state index contributed by atoms with van der Waals surface area (Å²) in [7, 11) is 0. The van der Waals surface area contributed by atoms with E-state index in [9.17, 15) is 9.59 Å². The van der Waals surface area contributed by atoms with Crippen molar-refractivity contribution in [2.45, 2.75) is 59.3 Å². The Morgan fingerprint density at radius 1 is 1.04 bits per heavy atom. The molecule has 0 bridgehead atoms. The summed E-state index contributed by atoms with van der Waals surface area (Å²) < 4.78 is 16.0. The molecule has 1 rings (SSSR count). The van der Waals surface area contributed by atoms with Gasteiger partial charge in [0.1, 0.15) is 19.0 Å². The number of unbranched alkanes of at least 4 members (excludes halogenated alkanes) is 4. The maximum atomic E-state index is 11.3. The second kappa shape index (κ2) is 14.2. The van der Waals surface area contributed by atoms with Crippen molar-refractivity contribution >= 4 is 12.3 Å². The number of ether oxygens (including phenoxy) is 3. The Balaban J connectivity index is 2.26. The van der Waals surface area contributed by atoms with E-state index in [0.29, 0.717) is 31.1 Å². The van der Waals surface area contributed by atoms with Crippen LogP contribution in [-0.2, 0) is 20.7 Å². The normalized spacial score (nSPS) is 10.8. The lowest BCUT2D eigenvalue weighted by molar-refractivity contribution is -0.148. The monoisotopic (exact) mass is 378 g/mol. The summed E-state index contributed by atoms with van der Waals surface area (Å²) in [5.41, 5.74) is 1.75. The van der Waals surface area contributed by atoms with E-state index in [0.717, 1.165) is 19.1 Å². The molecule has 0 atom stereocenters. The Bertz CT molecular complexity index is 554.